The predicted molar refractivity (Wildman–Crippen MR) is 50.2 cm³/mol. The fraction of sp³-hybridized carbons (Fsp3) is 0.667. The zero-order valence-corrected chi connectivity index (χ0v) is 7.65. The average Bonchev–Trinajstić information content (AvgIpc) is 2.53. The number of aromatic nitrogens is 2. The van der Waals surface area contributed by atoms with E-state index in [4.69, 9.17) is 10.5 Å². The van der Waals surface area contributed by atoms with Crippen molar-refractivity contribution >= 4 is 5.82 Å². The molecule has 0 radical (unpaired) electrons. The van der Waals surface area contributed by atoms with Gasteiger partial charge in [0.1, 0.15) is 5.82 Å². The van der Waals surface area contributed by atoms with Gasteiger partial charge in [-0.15, -0.1) is 0 Å². The Hall–Kier alpha value is -1.03. The van der Waals surface area contributed by atoms with Crippen molar-refractivity contribution < 1.29 is 4.74 Å². The largest absolute Gasteiger partial charge is 0.382 e. The summed E-state index contributed by atoms with van der Waals surface area (Å²) in [5.74, 6) is 0.579. The number of hydrogen-bond donors (Lipinski definition) is 1. The molecule has 1 aromatic rings. The SMILES string of the molecule is Nc1ccn(CC2CCCCO2)n1. The minimum atomic E-state index is 0.327. The van der Waals surface area contributed by atoms with Gasteiger partial charge in [0.25, 0.3) is 0 Å². The van der Waals surface area contributed by atoms with Gasteiger partial charge in [-0.3, -0.25) is 4.68 Å². The van der Waals surface area contributed by atoms with E-state index in [1.54, 1.807) is 0 Å². The molecule has 0 aromatic carbocycles. The minimum Gasteiger partial charge on any atom is -0.382 e. The van der Waals surface area contributed by atoms with E-state index in [-0.39, 0.29) is 0 Å². The summed E-state index contributed by atoms with van der Waals surface area (Å²) in [6, 6.07) is 1.81. The maximum Gasteiger partial charge on any atom is 0.145 e. The number of nitrogens with zero attached hydrogens (tertiary/aromatic N) is 2. The van der Waals surface area contributed by atoms with Crippen LogP contribution in [0.3, 0.4) is 0 Å². The number of rotatable bonds is 2. The van der Waals surface area contributed by atoms with E-state index >= 15 is 0 Å². The number of nitrogen functional groups attached to an aromatic ring is 1. The Labute approximate surface area is 77.7 Å². The van der Waals surface area contributed by atoms with Gasteiger partial charge in [-0.2, -0.15) is 5.10 Å². The van der Waals surface area contributed by atoms with Crippen molar-refractivity contribution in [3.05, 3.63) is 12.3 Å². The molecule has 1 aliphatic rings. The summed E-state index contributed by atoms with van der Waals surface area (Å²) >= 11 is 0. The smallest absolute Gasteiger partial charge is 0.145 e. The molecule has 4 nitrogen and oxygen atoms in total. The molecule has 13 heavy (non-hydrogen) atoms. The summed E-state index contributed by atoms with van der Waals surface area (Å²) in [6.45, 7) is 1.72. The van der Waals surface area contributed by atoms with Crippen molar-refractivity contribution in [3.63, 3.8) is 0 Å². The van der Waals surface area contributed by atoms with Crippen LogP contribution >= 0.6 is 0 Å². The van der Waals surface area contributed by atoms with E-state index in [0.29, 0.717) is 11.9 Å². The second-order valence-electron chi connectivity index (χ2n) is 3.45. The molecule has 1 aliphatic heterocycles. The lowest BCUT2D eigenvalue weighted by atomic mass is 10.1. The maximum absolute atomic E-state index is 5.59. The van der Waals surface area contributed by atoms with Crippen molar-refractivity contribution in [2.75, 3.05) is 12.3 Å². The molecular formula is C9H15N3O. The Morgan fingerprint density at radius 2 is 2.54 bits per heavy atom. The van der Waals surface area contributed by atoms with Crippen LogP contribution < -0.4 is 5.73 Å². The molecule has 0 saturated carbocycles. The number of nitrogens with two attached hydrogens (primary N) is 1. The van der Waals surface area contributed by atoms with E-state index in [1.165, 1.54) is 12.8 Å². The van der Waals surface area contributed by atoms with Crippen molar-refractivity contribution in [1.82, 2.24) is 9.78 Å². The molecule has 1 fully saturated rings. The van der Waals surface area contributed by atoms with Crippen LogP contribution in [0.4, 0.5) is 5.82 Å². The van der Waals surface area contributed by atoms with Crippen molar-refractivity contribution in [2.24, 2.45) is 0 Å². The van der Waals surface area contributed by atoms with Crippen LogP contribution in [-0.2, 0) is 11.3 Å². The van der Waals surface area contributed by atoms with E-state index in [1.807, 2.05) is 16.9 Å². The monoisotopic (exact) mass is 181 g/mol. The molecular weight excluding hydrogens is 166 g/mol. The van der Waals surface area contributed by atoms with Crippen LogP contribution in [-0.4, -0.2) is 22.5 Å². The highest BCUT2D eigenvalue weighted by atomic mass is 16.5. The number of hydrogen-bond acceptors (Lipinski definition) is 3. The van der Waals surface area contributed by atoms with E-state index in [9.17, 15) is 0 Å². The quantitative estimate of drug-likeness (QED) is 0.741. The second-order valence-corrected chi connectivity index (χ2v) is 3.45. The molecule has 2 heterocycles. The molecule has 1 saturated heterocycles. The highest BCUT2D eigenvalue weighted by Crippen LogP contribution is 2.14. The van der Waals surface area contributed by atoms with Gasteiger partial charge in [-0.25, -0.2) is 0 Å². The lowest BCUT2D eigenvalue weighted by Crippen LogP contribution is -2.24. The fourth-order valence-electron chi connectivity index (χ4n) is 1.64. The molecule has 1 atom stereocenters. The summed E-state index contributed by atoms with van der Waals surface area (Å²) in [6.07, 6.45) is 5.82. The van der Waals surface area contributed by atoms with Crippen molar-refractivity contribution in [2.45, 2.75) is 31.9 Å². The van der Waals surface area contributed by atoms with Gasteiger partial charge in [-0.1, -0.05) is 0 Å². The molecule has 0 amide bonds. The summed E-state index contributed by atoms with van der Waals surface area (Å²) in [7, 11) is 0. The molecule has 2 rings (SSSR count). The van der Waals surface area contributed by atoms with Crippen LogP contribution in [0.2, 0.25) is 0 Å². The van der Waals surface area contributed by atoms with Gasteiger partial charge in [0.05, 0.1) is 12.6 Å². The van der Waals surface area contributed by atoms with Crippen molar-refractivity contribution in [1.29, 1.82) is 0 Å². The Morgan fingerprint density at radius 3 is 3.15 bits per heavy atom. The highest BCUT2D eigenvalue weighted by Gasteiger charge is 2.14. The number of anilines is 1. The van der Waals surface area contributed by atoms with E-state index in [0.717, 1.165) is 19.6 Å². The van der Waals surface area contributed by atoms with Crippen LogP contribution in [0, 0.1) is 0 Å². The molecule has 0 bridgehead atoms. The molecule has 4 heteroatoms. The Balaban J connectivity index is 1.89. The van der Waals surface area contributed by atoms with Crippen LogP contribution in [0.5, 0.6) is 0 Å². The third-order valence-corrected chi connectivity index (χ3v) is 2.33. The normalized spacial score (nSPS) is 23.2. The Morgan fingerprint density at radius 1 is 1.62 bits per heavy atom. The zero-order chi connectivity index (χ0) is 9.10. The molecule has 1 unspecified atom stereocenters. The maximum atomic E-state index is 5.59. The summed E-state index contributed by atoms with van der Waals surface area (Å²) in [5.41, 5.74) is 5.51. The highest BCUT2D eigenvalue weighted by molar-refractivity contribution is 5.23. The first-order valence-electron chi connectivity index (χ1n) is 4.75. The summed E-state index contributed by atoms with van der Waals surface area (Å²) in [4.78, 5) is 0. The molecule has 2 N–H and O–H groups in total. The van der Waals surface area contributed by atoms with Crippen LogP contribution in [0.25, 0.3) is 0 Å². The van der Waals surface area contributed by atoms with Gasteiger partial charge in [0, 0.05) is 12.8 Å². The first kappa shape index (κ1) is 8.56. The predicted octanol–water partition coefficient (Wildman–Crippen LogP) is 1.03. The van der Waals surface area contributed by atoms with Gasteiger partial charge in [0.15, 0.2) is 0 Å². The third kappa shape index (κ3) is 2.21. The second kappa shape index (κ2) is 3.79. The standard InChI is InChI=1S/C9H15N3O/c10-9-4-5-12(11-9)7-8-3-1-2-6-13-8/h4-5,8H,1-3,6-7H2,(H2,10,11). The van der Waals surface area contributed by atoms with Gasteiger partial charge < -0.3 is 10.5 Å². The summed E-state index contributed by atoms with van der Waals surface area (Å²) in [5, 5.41) is 4.12. The van der Waals surface area contributed by atoms with Crippen LogP contribution in [0.1, 0.15) is 19.3 Å². The lowest BCUT2D eigenvalue weighted by Gasteiger charge is -2.22. The Bertz CT molecular complexity index is 266. The minimum absolute atomic E-state index is 0.327. The molecule has 0 aliphatic carbocycles. The Kier molecular flexibility index (Phi) is 2.49. The fourth-order valence-corrected chi connectivity index (χ4v) is 1.64. The first-order valence-corrected chi connectivity index (χ1v) is 4.75. The molecule has 72 valence electrons. The van der Waals surface area contributed by atoms with E-state index < -0.39 is 0 Å². The first-order chi connectivity index (χ1) is 6.34. The van der Waals surface area contributed by atoms with Crippen molar-refractivity contribution in [3.8, 4) is 0 Å². The lowest BCUT2D eigenvalue weighted by molar-refractivity contribution is 0.00405. The topological polar surface area (TPSA) is 53.1 Å². The molecule has 0 spiro atoms. The van der Waals surface area contributed by atoms with Gasteiger partial charge in [0.2, 0.25) is 0 Å². The number of ether oxygens (including phenoxy) is 1. The summed E-state index contributed by atoms with van der Waals surface area (Å²) < 4.78 is 7.44. The van der Waals surface area contributed by atoms with E-state index in [2.05, 4.69) is 5.10 Å². The van der Waals surface area contributed by atoms with Gasteiger partial charge >= 0.3 is 0 Å². The van der Waals surface area contributed by atoms with Gasteiger partial charge in [-0.05, 0) is 25.3 Å². The van der Waals surface area contributed by atoms with Crippen LogP contribution in [0.15, 0.2) is 12.3 Å². The average molecular weight is 181 g/mol. The molecule has 1 aromatic heterocycles. The third-order valence-electron chi connectivity index (χ3n) is 2.33. The zero-order valence-electron chi connectivity index (χ0n) is 7.65.